The number of imidazole rings is 1. The first-order valence-corrected chi connectivity index (χ1v) is 9.83. The van der Waals surface area contributed by atoms with Crippen molar-refractivity contribution >= 4 is 16.9 Å². The lowest BCUT2D eigenvalue weighted by molar-refractivity contribution is 0.0953. The Labute approximate surface area is 173 Å². The van der Waals surface area contributed by atoms with Crippen LogP contribution in [0.2, 0.25) is 0 Å². The van der Waals surface area contributed by atoms with E-state index in [-0.39, 0.29) is 17.5 Å². The van der Waals surface area contributed by atoms with Gasteiger partial charge in [-0.15, -0.1) is 0 Å². The van der Waals surface area contributed by atoms with E-state index in [1.165, 1.54) is 30.3 Å². The van der Waals surface area contributed by atoms with Crippen molar-refractivity contribution in [1.29, 1.82) is 0 Å². The van der Waals surface area contributed by atoms with E-state index in [2.05, 4.69) is 5.32 Å². The number of nitrogens with one attached hydrogen (secondary N) is 1. The fourth-order valence-electron chi connectivity index (χ4n) is 3.44. The van der Waals surface area contributed by atoms with Crippen LogP contribution >= 0.6 is 0 Å². The summed E-state index contributed by atoms with van der Waals surface area (Å²) in [6, 6.07) is 19.9. The zero-order chi connectivity index (χ0) is 20.9. The molecule has 0 atom stereocenters. The van der Waals surface area contributed by atoms with Gasteiger partial charge in [0.2, 0.25) is 0 Å². The molecule has 1 amide bonds. The fourth-order valence-corrected chi connectivity index (χ4v) is 3.44. The number of carbonyl (C=O) groups excluding carboxylic acids is 1. The number of halogens is 2. The van der Waals surface area contributed by atoms with Crippen molar-refractivity contribution in [2.45, 2.75) is 19.4 Å². The first-order chi connectivity index (χ1) is 14.6. The molecule has 1 heterocycles. The lowest BCUT2D eigenvalue weighted by Crippen LogP contribution is -2.25. The molecule has 6 heteroatoms. The Morgan fingerprint density at radius 3 is 2.47 bits per heavy atom. The molecule has 4 rings (SSSR count). The second-order valence-electron chi connectivity index (χ2n) is 7.06. The number of aryl methyl sites for hydroxylation is 1. The van der Waals surface area contributed by atoms with Gasteiger partial charge in [0.05, 0.1) is 17.6 Å². The number of aromatic nitrogens is 2. The lowest BCUT2D eigenvalue weighted by atomic mass is 10.2. The molecular weight excluding hydrogens is 384 g/mol. The van der Waals surface area contributed by atoms with Crippen LogP contribution in [0.25, 0.3) is 11.0 Å². The molecule has 3 aromatic carbocycles. The number of para-hydroxylation sites is 2. The van der Waals surface area contributed by atoms with E-state index < -0.39 is 0 Å². The topological polar surface area (TPSA) is 46.9 Å². The Morgan fingerprint density at radius 1 is 0.933 bits per heavy atom. The van der Waals surface area contributed by atoms with Gasteiger partial charge in [-0.1, -0.05) is 30.3 Å². The van der Waals surface area contributed by atoms with E-state index >= 15 is 0 Å². The molecule has 0 aliphatic rings. The summed E-state index contributed by atoms with van der Waals surface area (Å²) >= 11 is 0. The number of nitrogens with zero attached hydrogens (tertiary/aromatic N) is 2. The quantitative estimate of drug-likeness (QED) is 0.452. The van der Waals surface area contributed by atoms with Crippen LogP contribution in [0.1, 0.15) is 28.2 Å². The third-order valence-electron chi connectivity index (χ3n) is 4.99. The maximum atomic E-state index is 14.2. The molecule has 0 radical (unpaired) electrons. The lowest BCUT2D eigenvalue weighted by Gasteiger charge is -2.11. The maximum Gasteiger partial charge on any atom is 0.251 e. The SMILES string of the molecule is O=C(NCCCc1nc2ccccc2n1Cc1ccccc1F)c1ccc(F)cc1. The van der Waals surface area contributed by atoms with Crippen molar-refractivity contribution in [2.24, 2.45) is 0 Å². The molecule has 0 aliphatic heterocycles. The summed E-state index contributed by atoms with van der Waals surface area (Å²) in [5.74, 6) is -0.0153. The first kappa shape index (κ1) is 19.8. The molecule has 0 fully saturated rings. The van der Waals surface area contributed by atoms with Gasteiger partial charge in [-0.2, -0.15) is 0 Å². The molecule has 152 valence electrons. The van der Waals surface area contributed by atoms with Crippen LogP contribution in [0.4, 0.5) is 8.78 Å². The first-order valence-electron chi connectivity index (χ1n) is 9.83. The van der Waals surface area contributed by atoms with Crippen LogP contribution < -0.4 is 5.32 Å². The highest BCUT2D eigenvalue weighted by atomic mass is 19.1. The number of rotatable bonds is 7. The summed E-state index contributed by atoms with van der Waals surface area (Å²) < 4.78 is 29.2. The van der Waals surface area contributed by atoms with Crippen LogP contribution in [0.15, 0.2) is 72.8 Å². The standard InChI is InChI=1S/C24H21F2N3O/c25-19-13-11-17(12-14-19)24(30)27-15-5-10-23-28-21-8-3-4-9-22(21)29(23)16-18-6-1-2-7-20(18)26/h1-4,6-9,11-14H,5,10,15-16H2,(H,27,30). The van der Waals surface area contributed by atoms with Gasteiger partial charge in [0.15, 0.2) is 0 Å². The van der Waals surface area contributed by atoms with Crippen molar-refractivity contribution in [3.63, 3.8) is 0 Å². The molecule has 0 saturated heterocycles. The second kappa shape index (κ2) is 8.86. The van der Waals surface area contributed by atoms with Gasteiger partial charge in [0.25, 0.3) is 5.91 Å². The number of hydrogen-bond donors (Lipinski definition) is 1. The van der Waals surface area contributed by atoms with Crippen molar-refractivity contribution in [3.05, 3.63) is 101 Å². The summed E-state index contributed by atoms with van der Waals surface area (Å²) in [6.07, 6.45) is 1.31. The Hall–Kier alpha value is -3.54. The molecule has 0 aliphatic carbocycles. The second-order valence-corrected chi connectivity index (χ2v) is 7.06. The number of fused-ring (bicyclic) bond motifs is 1. The summed E-state index contributed by atoms with van der Waals surface area (Å²) in [5.41, 5.74) is 2.83. The van der Waals surface area contributed by atoms with Crippen molar-refractivity contribution in [3.8, 4) is 0 Å². The minimum absolute atomic E-state index is 0.241. The fraction of sp³-hybridized carbons (Fsp3) is 0.167. The average molecular weight is 405 g/mol. The average Bonchev–Trinajstić information content (AvgIpc) is 3.10. The molecule has 0 spiro atoms. The molecule has 0 unspecified atom stereocenters. The third kappa shape index (κ3) is 4.38. The van der Waals surface area contributed by atoms with Crippen LogP contribution in [0.3, 0.4) is 0 Å². The van der Waals surface area contributed by atoms with E-state index in [9.17, 15) is 13.6 Å². The minimum Gasteiger partial charge on any atom is -0.352 e. The van der Waals surface area contributed by atoms with Gasteiger partial charge in [0, 0.05) is 24.1 Å². The predicted octanol–water partition coefficient (Wildman–Crippen LogP) is 4.73. The van der Waals surface area contributed by atoms with Crippen molar-refractivity contribution in [1.82, 2.24) is 14.9 Å². The molecule has 4 aromatic rings. The van der Waals surface area contributed by atoms with Crippen molar-refractivity contribution < 1.29 is 13.6 Å². The third-order valence-corrected chi connectivity index (χ3v) is 4.99. The van der Waals surface area contributed by atoms with Crippen LogP contribution in [-0.2, 0) is 13.0 Å². The van der Waals surface area contributed by atoms with E-state index in [4.69, 9.17) is 4.98 Å². The Bertz CT molecular complexity index is 1170. The molecule has 0 saturated carbocycles. The van der Waals surface area contributed by atoms with Crippen molar-refractivity contribution in [2.75, 3.05) is 6.54 Å². The monoisotopic (exact) mass is 405 g/mol. The van der Waals surface area contributed by atoms with Gasteiger partial charge in [-0.05, 0) is 48.9 Å². The van der Waals surface area contributed by atoms with Gasteiger partial charge in [0.1, 0.15) is 17.5 Å². The predicted molar refractivity (Wildman–Crippen MR) is 112 cm³/mol. The van der Waals surface area contributed by atoms with E-state index in [1.807, 2.05) is 34.9 Å². The summed E-state index contributed by atoms with van der Waals surface area (Å²) in [4.78, 5) is 16.9. The number of amides is 1. The molecule has 30 heavy (non-hydrogen) atoms. The zero-order valence-corrected chi connectivity index (χ0v) is 16.3. The zero-order valence-electron chi connectivity index (χ0n) is 16.3. The molecule has 0 bridgehead atoms. The largest absolute Gasteiger partial charge is 0.352 e. The number of carbonyl (C=O) groups is 1. The highest BCUT2D eigenvalue weighted by molar-refractivity contribution is 5.94. The minimum atomic E-state index is -0.375. The normalized spacial score (nSPS) is 11.0. The maximum absolute atomic E-state index is 14.2. The van der Waals surface area contributed by atoms with Gasteiger partial charge in [-0.3, -0.25) is 4.79 Å². The van der Waals surface area contributed by atoms with E-state index in [0.29, 0.717) is 37.1 Å². The Kier molecular flexibility index (Phi) is 5.84. The highest BCUT2D eigenvalue weighted by Gasteiger charge is 2.13. The highest BCUT2D eigenvalue weighted by Crippen LogP contribution is 2.20. The Morgan fingerprint density at radius 2 is 1.67 bits per heavy atom. The summed E-state index contributed by atoms with van der Waals surface area (Å²) in [6.45, 7) is 0.851. The van der Waals surface area contributed by atoms with Crippen LogP contribution in [-0.4, -0.2) is 22.0 Å². The van der Waals surface area contributed by atoms with Crippen LogP contribution in [0.5, 0.6) is 0 Å². The molecule has 1 N–H and O–H groups in total. The van der Waals surface area contributed by atoms with Gasteiger partial charge < -0.3 is 9.88 Å². The van der Waals surface area contributed by atoms with Gasteiger partial charge in [-0.25, -0.2) is 13.8 Å². The molecule has 1 aromatic heterocycles. The van der Waals surface area contributed by atoms with Crippen LogP contribution in [0, 0.1) is 11.6 Å². The smallest absolute Gasteiger partial charge is 0.251 e. The van der Waals surface area contributed by atoms with E-state index in [1.54, 1.807) is 12.1 Å². The molecular formula is C24H21F2N3O. The van der Waals surface area contributed by atoms with E-state index in [0.717, 1.165) is 16.9 Å². The van der Waals surface area contributed by atoms with Gasteiger partial charge >= 0.3 is 0 Å². The Balaban J connectivity index is 1.45. The molecule has 4 nitrogen and oxygen atoms in total. The number of hydrogen-bond acceptors (Lipinski definition) is 2. The summed E-state index contributed by atoms with van der Waals surface area (Å²) in [5, 5.41) is 2.84. The summed E-state index contributed by atoms with van der Waals surface area (Å²) in [7, 11) is 0. The number of benzene rings is 3.